The Morgan fingerprint density at radius 2 is 1.91 bits per heavy atom. The van der Waals surface area contributed by atoms with Crippen LogP contribution in [0.2, 0.25) is 0 Å². The summed E-state index contributed by atoms with van der Waals surface area (Å²) in [6.45, 7) is 4.12. The van der Waals surface area contributed by atoms with Crippen molar-refractivity contribution >= 4 is 10.8 Å². The third-order valence-corrected chi connectivity index (χ3v) is 4.48. The van der Waals surface area contributed by atoms with E-state index in [1.807, 2.05) is 17.7 Å². The lowest BCUT2D eigenvalue weighted by atomic mass is 9.95. The van der Waals surface area contributed by atoms with Gasteiger partial charge in [0.15, 0.2) is 12.5 Å². The van der Waals surface area contributed by atoms with E-state index in [2.05, 4.69) is 48.3 Å². The fourth-order valence-electron chi connectivity index (χ4n) is 3.39. The summed E-state index contributed by atoms with van der Waals surface area (Å²) in [5, 5.41) is 2.53. The first-order chi connectivity index (χ1) is 11.3. The van der Waals surface area contributed by atoms with Gasteiger partial charge in [0.1, 0.15) is 6.10 Å². The summed E-state index contributed by atoms with van der Waals surface area (Å²) in [4.78, 5) is 4.14. The highest BCUT2D eigenvalue weighted by atomic mass is 16.7. The van der Waals surface area contributed by atoms with E-state index in [4.69, 9.17) is 9.47 Å². The van der Waals surface area contributed by atoms with Gasteiger partial charge < -0.3 is 14.0 Å². The topological polar surface area (TPSA) is 36.3 Å². The van der Waals surface area contributed by atoms with Gasteiger partial charge in [-0.25, -0.2) is 4.98 Å². The molecule has 2 aromatic carbocycles. The Morgan fingerprint density at radius 1 is 1.09 bits per heavy atom. The Morgan fingerprint density at radius 3 is 2.65 bits per heavy atom. The summed E-state index contributed by atoms with van der Waals surface area (Å²) in [5.41, 5.74) is 2.52. The van der Waals surface area contributed by atoms with E-state index >= 15 is 0 Å². The molecule has 0 amide bonds. The maximum absolute atomic E-state index is 6.09. The van der Waals surface area contributed by atoms with Gasteiger partial charge >= 0.3 is 0 Å². The number of benzene rings is 2. The minimum Gasteiger partial charge on any atom is -0.340 e. The van der Waals surface area contributed by atoms with Gasteiger partial charge in [-0.2, -0.15) is 0 Å². The Balaban J connectivity index is 1.85. The Kier molecular flexibility index (Phi) is 3.63. The zero-order chi connectivity index (χ0) is 15.8. The smallest absolute Gasteiger partial charge is 0.168 e. The van der Waals surface area contributed by atoms with Crippen LogP contribution in [0.5, 0.6) is 0 Å². The number of rotatable bonds is 3. The van der Waals surface area contributed by atoms with E-state index < -0.39 is 0 Å². The van der Waals surface area contributed by atoms with E-state index in [-0.39, 0.29) is 18.6 Å². The lowest BCUT2D eigenvalue weighted by Gasteiger charge is -2.20. The zero-order valence-corrected chi connectivity index (χ0v) is 13.3. The normalized spacial score (nSPS) is 24.3. The molecule has 0 bridgehead atoms. The fourth-order valence-corrected chi connectivity index (χ4v) is 3.39. The molecule has 4 heteroatoms. The maximum atomic E-state index is 6.09. The molecule has 4 nitrogen and oxygen atoms in total. The second kappa shape index (κ2) is 5.80. The van der Waals surface area contributed by atoms with Gasteiger partial charge in [-0.3, -0.25) is 0 Å². The SMILES string of the molecule is CCc1ccc(C2OC(C)OC2n2ccnc2)c2ccccc12. The molecule has 2 heterocycles. The molecule has 1 aliphatic heterocycles. The summed E-state index contributed by atoms with van der Waals surface area (Å²) in [6, 6.07) is 12.9. The molecule has 3 atom stereocenters. The maximum Gasteiger partial charge on any atom is 0.168 e. The number of aryl methyl sites for hydroxylation is 1. The van der Waals surface area contributed by atoms with Crippen molar-refractivity contribution in [2.45, 2.75) is 38.9 Å². The van der Waals surface area contributed by atoms with Crippen LogP contribution in [0, 0.1) is 0 Å². The summed E-state index contributed by atoms with van der Waals surface area (Å²) in [5.74, 6) is 0. The van der Waals surface area contributed by atoms with Gasteiger partial charge in [-0.05, 0) is 35.2 Å². The number of aromatic nitrogens is 2. The van der Waals surface area contributed by atoms with Gasteiger partial charge in [0.25, 0.3) is 0 Å². The molecule has 0 spiro atoms. The van der Waals surface area contributed by atoms with Crippen molar-refractivity contribution in [3.05, 3.63) is 66.2 Å². The van der Waals surface area contributed by atoms with Crippen LogP contribution in [0.1, 0.15) is 37.3 Å². The van der Waals surface area contributed by atoms with E-state index in [1.165, 1.54) is 21.9 Å². The van der Waals surface area contributed by atoms with Crippen LogP contribution in [-0.4, -0.2) is 15.8 Å². The van der Waals surface area contributed by atoms with Crippen LogP contribution in [-0.2, 0) is 15.9 Å². The number of fused-ring (bicyclic) bond motifs is 1. The number of hydrogen-bond donors (Lipinski definition) is 0. The third-order valence-electron chi connectivity index (χ3n) is 4.48. The van der Waals surface area contributed by atoms with E-state index in [1.54, 1.807) is 12.5 Å². The molecule has 1 aliphatic rings. The molecule has 0 aliphatic carbocycles. The largest absolute Gasteiger partial charge is 0.340 e. The van der Waals surface area contributed by atoms with Crippen molar-refractivity contribution in [1.82, 2.24) is 9.55 Å². The number of nitrogens with zero attached hydrogens (tertiary/aromatic N) is 2. The second-order valence-corrected chi connectivity index (χ2v) is 5.87. The standard InChI is InChI=1S/C19H20N2O2/c1-3-14-8-9-17(16-7-5-4-6-15(14)16)18-19(23-13(2)22-18)21-11-10-20-12-21/h4-13,18-19H,3H2,1-2H3. The summed E-state index contributed by atoms with van der Waals surface area (Å²) < 4.78 is 14.0. The van der Waals surface area contributed by atoms with E-state index in [0.717, 1.165) is 6.42 Å². The van der Waals surface area contributed by atoms with Crippen LogP contribution in [0.15, 0.2) is 55.1 Å². The van der Waals surface area contributed by atoms with Crippen molar-refractivity contribution in [2.24, 2.45) is 0 Å². The van der Waals surface area contributed by atoms with E-state index in [0.29, 0.717) is 0 Å². The minimum absolute atomic E-state index is 0.144. The lowest BCUT2D eigenvalue weighted by molar-refractivity contribution is -0.0608. The molecular weight excluding hydrogens is 288 g/mol. The predicted molar refractivity (Wildman–Crippen MR) is 89.0 cm³/mol. The van der Waals surface area contributed by atoms with Gasteiger partial charge in [-0.15, -0.1) is 0 Å². The summed E-state index contributed by atoms with van der Waals surface area (Å²) in [6.07, 6.45) is 5.91. The monoisotopic (exact) mass is 308 g/mol. The number of ether oxygens (including phenoxy) is 2. The molecular formula is C19H20N2O2. The molecule has 1 saturated heterocycles. The number of imidazole rings is 1. The average molecular weight is 308 g/mol. The third kappa shape index (κ3) is 2.44. The van der Waals surface area contributed by atoms with Crippen molar-refractivity contribution < 1.29 is 9.47 Å². The second-order valence-electron chi connectivity index (χ2n) is 5.87. The molecule has 1 fully saturated rings. The first-order valence-electron chi connectivity index (χ1n) is 8.07. The minimum atomic E-state index is -0.239. The van der Waals surface area contributed by atoms with Crippen molar-refractivity contribution in [1.29, 1.82) is 0 Å². The zero-order valence-electron chi connectivity index (χ0n) is 13.3. The molecule has 0 saturated carbocycles. The van der Waals surface area contributed by atoms with E-state index in [9.17, 15) is 0 Å². The lowest BCUT2D eigenvalue weighted by Crippen LogP contribution is -2.14. The van der Waals surface area contributed by atoms with Crippen LogP contribution < -0.4 is 0 Å². The van der Waals surface area contributed by atoms with Gasteiger partial charge in [0.2, 0.25) is 0 Å². The quantitative estimate of drug-likeness (QED) is 0.726. The molecule has 23 heavy (non-hydrogen) atoms. The Bertz CT molecular complexity index is 813. The molecule has 1 aromatic heterocycles. The van der Waals surface area contributed by atoms with Crippen molar-refractivity contribution in [3.8, 4) is 0 Å². The van der Waals surface area contributed by atoms with Crippen LogP contribution in [0.4, 0.5) is 0 Å². The molecule has 0 N–H and O–H groups in total. The highest BCUT2D eigenvalue weighted by Gasteiger charge is 2.37. The highest BCUT2D eigenvalue weighted by molar-refractivity contribution is 5.89. The van der Waals surface area contributed by atoms with Crippen LogP contribution in [0.25, 0.3) is 10.8 Å². The van der Waals surface area contributed by atoms with Crippen LogP contribution >= 0.6 is 0 Å². The van der Waals surface area contributed by atoms with Gasteiger partial charge in [0, 0.05) is 12.4 Å². The number of hydrogen-bond acceptors (Lipinski definition) is 3. The first kappa shape index (κ1) is 14.4. The Labute approximate surface area is 135 Å². The van der Waals surface area contributed by atoms with Crippen molar-refractivity contribution in [2.75, 3.05) is 0 Å². The van der Waals surface area contributed by atoms with Crippen molar-refractivity contribution in [3.63, 3.8) is 0 Å². The highest BCUT2D eigenvalue weighted by Crippen LogP contribution is 2.42. The molecule has 118 valence electrons. The first-order valence-corrected chi connectivity index (χ1v) is 8.07. The summed E-state index contributed by atoms with van der Waals surface area (Å²) >= 11 is 0. The molecule has 3 aromatic rings. The van der Waals surface area contributed by atoms with Crippen LogP contribution in [0.3, 0.4) is 0 Å². The molecule has 4 rings (SSSR count). The Hall–Kier alpha value is -2.17. The summed E-state index contributed by atoms with van der Waals surface area (Å²) in [7, 11) is 0. The van der Waals surface area contributed by atoms with Gasteiger partial charge in [0.05, 0.1) is 6.33 Å². The predicted octanol–water partition coefficient (Wildman–Crippen LogP) is 4.23. The van der Waals surface area contributed by atoms with Gasteiger partial charge in [-0.1, -0.05) is 43.3 Å². The molecule has 0 radical (unpaired) electrons. The fraction of sp³-hybridized carbons (Fsp3) is 0.316. The molecule has 3 unspecified atom stereocenters. The average Bonchev–Trinajstić information content (AvgIpc) is 3.23.